The third kappa shape index (κ3) is 7.60. The number of aliphatic hydroxyl groups is 1. The molecule has 4 saturated carbocycles. The van der Waals surface area contributed by atoms with Crippen LogP contribution in [0.1, 0.15) is 124 Å². The minimum atomic E-state index is -0.130. The number of nitrogens with one attached hydrogen (secondary N) is 8. The maximum atomic E-state index is 9.20. The molecule has 8 bridgehead atoms. The molecule has 5 heterocycles. The van der Waals surface area contributed by atoms with E-state index in [2.05, 4.69) is 49.0 Å². The van der Waals surface area contributed by atoms with Gasteiger partial charge >= 0.3 is 17.1 Å². The van der Waals surface area contributed by atoms with Crippen LogP contribution in [0.4, 0.5) is 0 Å². The zero-order valence-corrected chi connectivity index (χ0v) is 31.8. The predicted molar refractivity (Wildman–Crippen MR) is 193 cm³/mol. The molecule has 284 valence electrons. The Labute approximate surface area is 308 Å². The Bertz CT molecular complexity index is 852. The van der Waals surface area contributed by atoms with E-state index in [9.17, 15) is 5.11 Å². The minimum Gasteiger partial charge on any atom is -0.393 e. The first-order valence-electron chi connectivity index (χ1n) is 21.0. The average molecular weight is 732 g/mol. The third-order valence-electron chi connectivity index (χ3n) is 14.9. The SMILES string of the molecule is CC(C)C(O)C(C)C.[CH-]1CCCC2C3NC(NC4NC(NC5NC(NC6NC(N3)C3CCCCC63)C3CCCCC53)C3CCCCC43)C12.[Cu+]. The Morgan fingerprint density at radius 2 is 0.673 bits per heavy atom. The fourth-order valence-corrected chi connectivity index (χ4v) is 12.5. The van der Waals surface area contributed by atoms with Crippen molar-refractivity contribution in [3.63, 3.8) is 0 Å². The van der Waals surface area contributed by atoms with Gasteiger partial charge in [-0.2, -0.15) is 6.42 Å². The summed E-state index contributed by atoms with van der Waals surface area (Å²) in [4.78, 5) is 0. The van der Waals surface area contributed by atoms with Crippen molar-refractivity contribution in [3.8, 4) is 0 Å². The van der Waals surface area contributed by atoms with Gasteiger partial charge in [0.25, 0.3) is 0 Å². The Hall–Kier alpha value is 0.159. The van der Waals surface area contributed by atoms with Crippen LogP contribution in [0, 0.1) is 65.6 Å². The quantitative estimate of drug-likeness (QED) is 0.153. The van der Waals surface area contributed by atoms with Crippen LogP contribution in [0.5, 0.6) is 0 Å². The van der Waals surface area contributed by atoms with E-state index < -0.39 is 0 Å². The first-order chi connectivity index (χ1) is 23.4. The summed E-state index contributed by atoms with van der Waals surface area (Å²) >= 11 is 0. The summed E-state index contributed by atoms with van der Waals surface area (Å²) in [5.41, 5.74) is 0. The van der Waals surface area contributed by atoms with Gasteiger partial charge in [-0.25, -0.2) is 0 Å². The van der Waals surface area contributed by atoms with Crippen molar-refractivity contribution in [2.24, 2.45) is 59.2 Å². The topological polar surface area (TPSA) is 116 Å². The summed E-state index contributed by atoms with van der Waals surface area (Å²) in [5, 5.41) is 42.9. The second kappa shape index (κ2) is 16.3. The average Bonchev–Trinajstić information content (AvgIpc) is 3.84. The molecule has 0 radical (unpaired) electrons. The van der Waals surface area contributed by atoms with E-state index in [1.165, 1.54) is 96.3 Å². The van der Waals surface area contributed by atoms with Gasteiger partial charge in [0.15, 0.2) is 0 Å². The predicted octanol–water partition coefficient (Wildman–Crippen LogP) is 4.08. The molecule has 49 heavy (non-hydrogen) atoms. The molecule has 0 spiro atoms. The summed E-state index contributed by atoms with van der Waals surface area (Å²) in [5.74, 6) is 6.53. The second-order valence-electron chi connectivity index (χ2n) is 18.4. The number of fused-ring (bicyclic) bond motifs is 20. The van der Waals surface area contributed by atoms with Gasteiger partial charge in [0, 0.05) is 6.17 Å². The summed E-state index contributed by atoms with van der Waals surface area (Å²) < 4.78 is 0. The minimum absolute atomic E-state index is 0. The summed E-state index contributed by atoms with van der Waals surface area (Å²) in [6.45, 7) is 8.13. The van der Waals surface area contributed by atoms with Crippen LogP contribution in [0.15, 0.2) is 0 Å². The monoisotopic (exact) mass is 731 g/mol. The number of rotatable bonds is 2. The molecule has 5 saturated heterocycles. The van der Waals surface area contributed by atoms with Gasteiger partial charge in [-0.15, -0.1) is 5.92 Å². The zero-order valence-electron chi connectivity index (χ0n) is 30.9. The molecule has 0 amide bonds. The van der Waals surface area contributed by atoms with Crippen molar-refractivity contribution in [2.45, 2.75) is 179 Å². The van der Waals surface area contributed by atoms with Crippen molar-refractivity contribution in [1.29, 1.82) is 0 Å². The second-order valence-corrected chi connectivity index (χ2v) is 18.4. The molecule has 16 unspecified atom stereocenters. The summed E-state index contributed by atoms with van der Waals surface area (Å²) in [6.07, 6.45) is 26.3. The summed E-state index contributed by atoms with van der Waals surface area (Å²) in [6, 6.07) is 0. The molecule has 16 atom stereocenters. The van der Waals surface area contributed by atoms with Crippen molar-refractivity contribution in [3.05, 3.63) is 6.42 Å². The van der Waals surface area contributed by atoms with E-state index in [1.807, 2.05) is 27.7 Å². The van der Waals surface area contributed by atoms with E-state index in [-0.39, 0.29) is 23.2 Å². The molecule has 0 aromatic carbocycles. The molecule has 9 N–H and O–H groups in total. The van der Waals surface area contributed by atoms with Gasteiger partial charge in [0.1, 0.15) is 0 Å². The first-order valence-corrected chi connectivity index (χ1v) is 21.0. The largest absolute Gasteiger partial charge is 1.00 e. The molecule has 9 nitrogen and oxygen atoms in total. The van der Waals surface area contributed by atoms with Gasteiger partial charge in [-0.05, 0) is 91.8 Å². The van der Waals surface area contributed by atoms with E-state index in [4.69, 9.17) is 0 Å². The van der Waals surface area contributed by atoms with Crippen LogP contribution >= 0.6 is 0 Å². The van der Waals surface area contributed by atoms with E-state index in [0.29, 0.717) is 73.0 Å². The molecular weight excluding hydrogens is 660 g/mol. The molecule has 0 aromatic rings. The number of aliphatic hydroxyl groups excluding tert-OH is 1. The van der Waals surface area contributed by atoms with Crippen molar-refractivity contribution < 1.29 is 22.2 Å². The van der Waals surface area contributed by atoms with Gasteiger partial charge in [-0.1, -0.05) is 79.1 Å². The standard InChI is InChI=1S/C32H55N8.C7H16O.Cu/c1-2-10-18-17(9-1)25-33-26(18)38-28-21-13-5-6-14-22(21)30(35-28)40-32-24-16-8-7-15-23(24)31(36-32)39-29-20-12-4-3-11-19(20)27(34-29)37-25;1-5(2)7(8)6(3)4;/h9,17-40H,1-8,10-16H2;5-8H,1-4H3;/q-1;;+1. The van der Waals surface area contributed by atoms with Crippen LogP contribution in [0.25, 0.3) is 0 Å². The smallest absolute Gasteiger partial charge is 0.393 e. The Morgan fingerprint density at radius 1 is 0.408 bits per heavy atom. The van der Waals surface area contributed by atoms with Crippen molar-refractivity contribution >= 4 is 0 Å². The van der Waals surface area contributed by atoms with Gasteiger partial charge in [0.05, 0.1) is 49.3 Å². The van der Waals surface area contributed by atoms with Crippen LogP contribution < -0.4 is 42.5 Å². The van der Waals surface area contributed by atoms with Gasteiger partial charge < -0.3 is 11.5 Å². The van der Waals surface area contributed by atoms with E-state index in [0.717, 1.165) is 35.5 Å². The number of hydrogen-bond donors (Lipinski definition) is 9. The van der Waals surface area contributed by atoms with Crippen LogP contribution in [-0.4, -0.2) is 60.5 Å². The summed E-state index contributed by atoms with van der Waals surface area (Å²) in [7, 11) is 0. The van der Waals surface area contributed by atoms with E-state index in [1.54, 1.807) is 0 Å². The zero-order chi connectivity index (χ0) is 32.9. The molecule has 9 fully saturated rings. The van der Waals surface area contributed by atoms with Gasteiger partial charge in [0.2, 0.25) is 0 Å². The van der Waals surface area contributed by atoms with Crippen LogP contribution in [0.3, 0.4) is 0 Å². The van der Waals surface area contributed by atoms with Gasteiger partial charge in [-0.3, -0.25) is 42.5 Å². The molecule has 5 aliphatic heterocycles. The molecule has 0 aromatic heterocycles. The Kier molecular flexibility index (Phi) is 12.4. The molecule has 10 heteroatoms. The maximum absolute atomic E-state index is 9.20. The van der Waals surface area contributed by atoms with Crippen molar-refractivity contribution in [2.75, 3.05) is 0 Å². The molecular formula is C39H71CuN8O. The van der Waals surface area contributed by atoms with Crippen LogP contribution in [-0.2, 0) is 17.1 Å². The molecule has 9 aliphatic rings. The fourth-order valence-electron chi connectivity index (χ4n) is 12.5. The molecule has 9 rings (SSSR count). The number of hydrogen-bond acceptors (Lipinski definition) is 9. The normalized spacial score (nSPS) is 49.0. The fraction of sp³-hybridized carbons (Fsp3) is 0.974. The van der Waals surface area contributed by atoms with Crippen LogP contribution in [0.2, 0.25) is 0 Å². The Morgan fingerprint density at radius 3 is 0.959 bits per heavy atom. The maximum Gasteiger partial charge on any atom is 1.00 e. The van der Waals surface area contributed by atoms with Crippen molar-refractivity contribution in [1.82, 2.24) is 42.5 Å². The first kappa shape index (κ1) is 37.5. The van der Waals surface area contributed by atoms with E-state index >= 15 is 0 Å². The Balaban J connectivity index is 0.000000378. The molecule has 4 aliphatic carbocycles. The third-order valence-corrected chi connectivity index (χ3v) is 14.9.